The third kappa shape index (κ3) is 2.21. The van der Waals surface area contributed by atoms with Crippen molar-refractivity contribution in [3.63, 3.8) is 0 Å². The molecule has 0 radical (unpaired) electrons. The Hall–Kier alpha value is -1.89. The van der Waals surface area contributed by atoms with Gasteiger partial charge in [0, 0.05) is 11.5 Å². The van der Waals surface area contributed by atoms with Crippen LogP contribution in [0.1, 0.15) is 46.3 Å². The van der Waals surface area contributed by atoms with E-state index in [4.69, 9.17) is 0 Å². The summed E-state index contributed by atoms with van der Waals surface area (Å²) < 4.78 is 0. The number of ketones is 1. The molecule has 96 valence electrons. The largest absolute Gasteiger partial charge is 0.293 e. The Morgan fingerprint density at radius 2 is 2.00 bits per heavy atom. The van der Waals surface area contributed by atoms with E-state index in [0.29, 0.717) is 0 Å². The van der Waals surface area contributed by atoms with Crippen molar-refractivity contribution in [1.29, 1.82) is 0 Å². The van der Waals surface area contributed by atoms with Crippen LogP contribution in [-0.2, 0) is 12.8 Å². The van der Waals surface area contributed by atoms with Crippen LogP contribution in [0.25, 0.3) is 0 Å². The van der Waals surface area contributed by atoms with Crippen molar-refractivity contribution in [2.24, 2.45) is 0 Å². The van der Waals surface area contributed by atoms with Crippen LogP contribution in [0.4, 0.5) is 0 Å². The van der Waals surface area contributed by atoms with E-state index in [0.717, 1.165) is 24.8 Å². The van der Waals surface area contributed by atoms with Crippen LogP contribution in [-0.4, -0.2) is 5.78 Å². The zero-order valence-electron chi connectivity index (χ0n) is 11.2. The van der Waals surface area contributed by atoms with Gasteiger partial charge in [-0.25, -0.2) is 0 Å². The van der Waals surface area contributed by atoms with Gasteiger partial charge in [-0.2, -0.15) is 0 Å². The Morgan fingerprint density at radius 1 is 1.16 bits per heavy atom. The molecule has 1 unspecified atom stereocenters. The summed E-state index contributed by atoms with van der Waals surface area (Å²) in [6, 6.07) is 16.4. The van der Waals surface area contributed by atoms with E-state index in [1.165, 1.54) is 16.7 Å². The van der Waals surface area contributed by atoms with Gasteiger partial charge < -0.3 is 0 Å². The third-order valence-electron chi connectivity index (χ3n) is 4.07. The minimum Gasteiger partial charge on any atom is -0.293 e. The molecule has 0 saturated carbocycles. The highest BCUT2D eigenvalue weighted by molar-refractivity contribution is 6.01. The fourth-order valence-corrected chi connectivity index (χ4v) is 2.98. The quantitative estimate of drug-likeness (QED) is 0.747. The van der Waals surface area contributed by atoms with E-state index in [2.05, 4.69) is 31.2 Å². The molecule has 0 amide bonds. The van der Waals surface area contributed by atoms with Gasteiger partial charge in [0.2, 0.25) is 0 Å². The third-order valence-corrected chi connectivity index (χ3v) is 4.07. The highest BCUT2D eigenvalue weighted by atomic mass is 16.1. The number of hydrogen-bond acceptors (Lipinski definition) is 1. The first-order valence-corrected chi connectivity index (χ1v) is 7.00. The van der Waals surface area contributed by atoms with Crippen LogP contribution in [0.5, 0.6) is 0 Å². The lowest BCUT2D eigenvalue weighted by Gasteiger charge is -2.11. The van der Waals surface area contributed by atoms with Gasteiger partial charge >= 0.3 is 0 Å². The number of aryl methyl sites for hydroxylation is 2. The number of benzene rings is 2. The normalized spacial score (nSPS) is 17.2. The minimum absolute atomic E-state index is 0.0586. The summed E-state index contributed by atoms with van der Waals surface area (Å²) in [5.74, 6) is 0.337. The molecule has 1 aliphatic rings. The lowest BCUT2D eigenvalue weighted by atomic mass is 9.91. The molecule has 0 N–H and O–H groups in total. The van der Waals surface area contributed by atoms with Gasteiger partial charge in [-0.15, -0.1) is 0 Å². The van der Waals surface area contributed by atoms with Crippen molar-refractivity contribution in [1.82, 2.24) is 0 Å². The Kier molecular flexibility index (Phi) is 3.20. The molecule has 0 saturated heterocycles. The molecule has 3 rings (SSSR count). The van der Waals surface area contributed by atoms with Gasteiger partial charge in [0.25, 0.3) is 0 Å². The maximum Gasteiger partial charge on any atom is 0.170 e. The monoisotopic (exact) mass is 250 g/mol. The predicted molar refractivity (Wildman–Crippen MR) is 77.7 cm³/mol. The second-order valence-electron chi connectivity index (χ2n) is 5.21. The Morgan fingerprint density at radius 3 is 2.84 bits per heavy atom. The number of rotatable bonds is 3. The summed E-state index contributed by atoms with van der Waals surface area (Å²) in [4.78, 5) is 12.7. The highest BCUT2D eigenvalue weighted by Crippen LogP contribution is 2.35. The van der Waals surface area contributed by atoms with Crippen LogP contribution in [0.15, 0.2) is 48.5 Å². The Bertz CT molecular complexity index is 613. The van der Waals surface area contributed by atoms with Gasteiger partial charge in [0.15, 0.2) is 5.78 Å². The molecule has 0 aromatic heterocycles. The molecule has 2 aromatic rings. The van der Waals surface area contributed by atoms with Crippen LogP contribution in [0, 0.1) is 0 Å². The molecule has 19 heavy (non-hydrogen) atoms. The van der Waals surface area contributed by atoms with E-state index in [-0.39, 0.29) is 11.7 Å². The molecular formula is C18H18O. The summed E-state index contributed by atoms with van der Waals surface area (Å²) in [7, 11) is 0. The fourth-order valence-electron chi connectivity index (χ4n) is 2.98. The number of Topliss-reactive ketones (excluding diaryl/α,β-unsaturated/α-hetero) is 1. The summed E-state index contributed by atoms with van der Waals surface area (Å²) in [5, 5.41) is 0. The summed E-state index contributed by atoms with van der Waals surface area (Å²) >= 11 is 0. The zero-order valence-corrected chi connectivity index (χ0v) is 11.2. The average Bonchev–Trinajstić information content (AvgIpc) is 2.90. The van der Waals surface area contributed by atoms with Crippen molar-refractivity contribution >= 4 is 5.78 Å². The van der Waals surface area contributed by atoms with Gasteiger partial charge in [-0.1, -0.05) is 49.4 Å². The fraction of sp³-hybridized carbons (Fsp3) is 0.278. The van der Waals surface area contributed by atoms with Crippen LogP contribution >= 0.6 is 0 Å². The van der Waals surface area contributed by atoms with Gasteiger partial charge in [-0.3, -0.25) is 4.79 Å². The maximum atomic E-state index is 12.7. The van der Waals surface area contributed by atoms with Crippen LogP contribution < -0.4 is 0 Å². The minimum atomic E-state index is 0.0586. The average molecular weight is 250 g/mol. The Labute approximate surface area is 114 Å². The van der Waals surface area contributed by atoms with Crippen LogP contribution in [0.3, 0.4) is 0 Å². The van der Waals surface area contributed by atoms with Crippen molar-refractivity contribution < 1.29 is 4.79 Å². The second kappa shape index (κ2) is 5.00. The molecule has 0 aliphatic heterocycles. The lowest BCUT2D eigenvalue weighted by Crippen LogP contribution is -2.10. The number of fused-ring (bicyclic) bond motifs is 1. The molecule has 1 aliphatic carbocycles. The van der Waals surface area contributed by atoms with E-state index in [1.54, 1.807) is 0 Å². The predicted octanol–water partition coefficient (Wildman–Crippen LogP) is 4.16. The van der Waals surface area contributed by atoms with Gasteiger partial charge in [-0.05, 0) is 42.0 Å². The van der Waals surface area contributed by atoms with Crippen molar-refractivity contribution in [3.05, 3.63) is 70.8 Å². The van der Waals surface area contributed by atoms with E-state index in [9.17, 15) is 4.79 Å². The van der Waals surface area contributed by atoms with Crippen LogP contribution in [0.2, 0.25) is 0 Å². The van der Waals surface area contributed by atoms with Crippen molar-refractivity contribution in [2.75, 3.05) is 0 Å². The molecule has 1 nitrogen and oxygen atoms in total. The molecule has 2 aromatic carbocycles. The maximum absolute atomic E-state index is 12.7. The molecule has 1 atom stereocenters. The first kappa shape index (κ1) is 12.2. The zero-order chi connectivity index (χ0) is 13.2. The standard InChI is InChI=1S/C18H18O/c1-2-13-6-5-8-15(12-13)18(19)17-11-10-14-7-3-4-9-16(14)17/h3-9,12,17H,2,10-11H2,1H3. The molecule has 0 fully saturated rings. The SMILES string of the molecule is CCc1cccc(C(=O)C2CCc3ccccc32)c1. The summed E-state index contributed by atoms with van der Waals surface area (Å²) in [6.07, 6.45) is 2.96. The van der Waals surface area contributed by atoms with Gasteiger partial charge in [0.05, 0.1) is 0 Å². The number of hydrogen-bond donors (Lipinski definition) is 0. The molecule has 0 spiro atoms. The summed E-state index contributed by atoms with van der Waals surface area (Å²) in [5.41, 5.74) is 4.67. The first-order chi connectivity index (χ1) is 9.29. The Balaban J connectivity index is 1.93. The van der Waals surface area contributed by atoms with Gasteiger partial charge in [0.1, 0.15) is 0 Å². The number of carbonyl (C=O) groups is 1. The highest BCUT2D eigenvalue weighted by Gasteiger charge is 2.28. The van der Waals surface area contributed by atoms with Crippen molar-refractivity contribution in [3.8, 4) is 0 Å². The first-order valence-electron chi connectivity index (χ1n) is 7.00. The molecular weight excluding hydrogens is 232 g/mol. The smallest absolute Gasteiger partial charge is 0.170 e. The van der Waals surface area contributed by atoms with E-state index < -0.39 is 0 Å². The number of carbonyl (C=O) groups excluding carboxylic acids is 1. The molecule has 0 bridgehead atoms. The topological polar surface area (TPSA) is 17.1 Å². The van der Waals surface area contributed by atoms with E-state index >= 15 is 0 Å². The van der Waals surface area contributed by atoms with Crippen molar-refractivity contribution in [2.45, 2.75) is 32.1 Å². The lowest BCUT2D eigenvalue weighted by molar-refractivity contribution is 0.0959. The molecule has 1 heteroatoms. The molecule has 0 heterocycles. The second-order valence-corrected chi connectivity index (χ2v) is 5.21. The van der Waals surface area contributed by atoms with E-state index in [1.807, 2.05) is 24.3 Å². The summed E-state index contributed by atoms with van der Waals surface area (Å²) in [6.45, 7) is 2.12.